The number of aryl methyl sites for hydroxylation is 2. The molecule has 1 aliphatic carbocycles. The summed E-state index contributed by atoms with van der Waals surface area (Å²) in [5.74, 6) is 1.47. The molecule has 0 saturated heterocycles. The van der Waals surface area contributed by atoms with Crippen molar-refractivity contribution >= 4 is 5.91 Å². The van der Waals surface area contributed by atoms with E-state index in [1.54, 1.807) is 0 Å². The van der Waals surface area contributed by atoms with E-state index in [0.717, 1.165) is 16.9 Å². The van der Waals surface area contributed by atoms with Crippen LogP contribution in [0.25, 0.3) is 0 Å². The van der Waals surface area contributed by atoms with E-state index >= 15 is 0 Å². The van der Waals surface area contributed by atoms with Gasteiger partial charge in [-0.05, 0) is 49.8 Å². The molecule has 1 saturated carbocycles. The highest BCUT2D eigenvalue weighted by atomic mass is 16.5. The zero-order valence-electron chi connectivity index (χ0n) is 12.3. The van der Waals surface area contributed by atoms with Gasteiger partial charge in [-0.25, -0.2) is 0 Å². The first-order chi connectivity index (χ1) is 9.60. The number of hydrogen-bond donors (Lipinski definition) is 2. The third kappa shape index (κ3) is 4.23. The molecule has 20 heavy (non-hydrogen) atoms. The van der Waals surface area contributed by atoms with Gasteiger partial charge < -0.3 is 15.8 Å². The maximum absolute atomic E-state index is 11.8. The smallest absolute Gasteiger partial charge is 0.223 e. The van der Waals surface area contributed by atoms with Gasteiger partial charge in [0.1, 0.15) is 5.75 Å². The molecule has 0 heterocycles. The molecule has 0 aromatic heterocycles. The number of carbonyl (C=O) groups excluding carboxylic acids is 1. The molecular formula is C16H24N2O2. The van der Waals surface area contributed by atoms with Crippen LogP contribution in [0.4, 0.5) is 0 Å². The van der Waals surface area contributed by atoms with Crippen molar-refractivity contribution in [3.63, 3.8) is 0 Å². The zero-order chi connectivity index (χ0) is 14.5. The Morgan fingerprint density at radius 1 is 1.45 bits per heavy atom. The Labute approximate surface area is 120 Å². The number of nitrogens with two attached hydrogens (primary N) is 1. The molecule has 1 atom stereocenters. The van der Waals surface area contributed by atoms with Crippen LogP contribution < -0.4 is 15.8 Å². The summed E-state index contributed by atoms with van der Waals surface area (Å²) < 4.78 is 5.69. The predicted octanol–water partition coefficient (Wildman–Crippen LogP) is 1.93. The van der Waals surface area contributed by atoms with E-state index in [9.17, 15) is 4.79 Å². The van der Waals surface area contributed by atoms with E-state index in [0.29, 0.717) is 25.5 Å². The van der Waals surface area contributed by atoms with Gasteiger partial charge in [-0.2, -0.15) is 0 Å². The van der Waals surface area contributed by atoms with Crippen molar-refractivity contribution in [3.05, 3.63) is 29.3 Å². The van der Waals surface area contributed by atoms with Gasteiger partial charge in [0, 0.05) is 12.6 Å². The molecule has 1 unspecified atom stereocenters. The molecule has 1 aromatic carbocycles. The first-order valence-electron chi connectivity index (χ1n) is 7.29. The first kappa shape index (κ1) is 14.9. The minimum absolute atomic E-state index is 0.0256. The molecule has 0 spiro atoms. The highest BCUT2D eigenvalue weighted by Crippen LogP contribution is 2.32. The molecule has 2 rings (SSSR count). The summed E-state index contributed by atoms with van der Waals surface area (Å²) in [6, 6.07) is 6.22. The number of nitrogens with one attached hydrogen (secondary N) is 1. The molecule has 0 radical (unpaired) electrons. The summed E-state index contributed by atoms with van der Waals surface area (Å²) in [6.07, 6.45) is 2.73. The van der Waals surface area contributed by atoms with Crippen LogP contribution in [0.5, 0.6) is 5.75 Å². The second kappa shape index (κ2) is 6.75. The van der Waals surface area contributed by atoms with Crippen LogP contribution in [0.2, 0.25) is 0 Å². The van der Waals surface area contributed by atoms with E-state index in [2.05, 4.69) is 11.4 Å². The van der Waals surface area contributed by atoms with Crippen molar-refractivity contribution in [1.82, 2.24) is 5.32 Å². The molecule has 1 amide bonds. The van der Waals surface area contributed by atoms with Crippen LogP contribution in [0, 0.1) is 19.8 Å². The number of ether oxygens (including phenoxy) is 1. The normalized spacial score (nSPS) is 15.8. The average molecular weight is 276 g/mol. The lowest BCUT2D eigenvalue weighted by atomic mass is 10.1. The van der Waals surface area contributed by atoms with Gasteiger partial charge in [-0.1, -0.05) is 12.1 Å². The summed E-state index contributed by atoms with van der Waals surface area (Å²) in [5, 5.41) is 3.00. The number of rotatable bonds is 7. The van der Waals surface area contributed by atoms with Crippen LogP contribution in [0.3, 0.4) is 0 Å². The van der Waals surface area contributed by atoms with Crippen molar-refractivity contribution in [1.29, 1.82) is 0 Å². The minimum Gasteiger partial charge on any atom is -0.493 e. The molecular weight excluding hydrogens is 252 g/mol. The fourth-order valence-electron chi connectivity index (χ4n) is 2.26. The molecule has 1 fully saturated rings. The summed E-state index contributed by atoms with van der Waals surface area (Å²) in [5.41, 5.74) is 7.92. The summed E-state index contributed by atoms with van der Waals surface area (Å²) in [6.45, 7) is 4.96. The lowest BCUT2D eigenvalue weighted by molar-refractivity contribution is -0.122. The number of carbonyl (C=O) groups is 1. The molecule has 1 aliphatic rings. The van der Waals surface area contributed by atoms with Crippen molar-refractivity contribution in [2.45, 2.75) is 39.2 Å². The van der Waals surface area contributed by atoms with Crippen LogP contribution in [0.1, 0.15) is 30.4 Å². The summed E-state index contributed by atoms with van der Waals surface area (Å²) >= 11 is 0. The Morgan fingerprint density at radius 2 is 2.20 bits per heavy atom. The lowest BCUT2D eigenvalue weighted by Crippen LogP contribution is -2.42. The van der Waals surface area contributed by atoms with Crippen LogP contribution >= 0.6 is 0 Å². The molecule has 0 aliphatic heterocycles. The van der Waals surface area contributed by atoms with E-state index in [4.69, 9.17) is 10.5 Å². The largest absolute Gasteiger partial charge is 0.493 e. The highest BCUT2D eigenvalue weighted by Gasteiger charge is 2.31. The molecule has 4 nitrogen and oxygen atoms in total. The molecule has 4 heteroatoms. The SMILES string of the molecule is Cc1ccc(C)c(OCCC(=O)NC(CN)C2CC2)c1. The van der Waals surface area contributed by atoms with E-state index in [1.807, 2.05) is 26.0 Å². The van der Waals surface area contributed by atoms with Gasteiger partial charge >= 0.3 is 0 Å². The van der Waals surface area contributed by atoms with Crippen molar-refractivity contribution in [2.75, 3.05) is 13.2 Å². The maximum atomic E-state index is 11.8. The Hall–Kier alpha value is -1.55. The Kier molecular flexibility index (Phi) is 5.01. The second-order valence-corrected chi connectivity index (χ2v) is 5.61. The Morgan fingerprint density at radius 3 is 2.85 bits per heavy atom. The quantitative estimate of drug-likeness (QED) is 0.799. The molecule has 0 bridgehead atoms. The van der Waals surface area contributed by atoms with Crippen molar-refractivity contribution < 1.29 is 9.53 Å². The number of hydrogen-bond acceptors (Lipinski definition) is 3. The lowest BCUT2D eigenvalue weighted by Gasteiger charge is -2.16. The average Bonchev–Trinajstić information content (AvgIpc) is 3.24. The van der Waals surface area contributed by atoms with Gasteiger partial charge in [-0.3, -0.25) is 4.79 Å². The summed E-state index contributed by atoms with van der Waals surface area (Å²) in [7, 11) is 0. The maximum Gasteiger partial charge on any atom is 0.223 e. The topological polar surface area (TPSA) is 64.3 Å². The number of benzene rings is 1. The van der Waals surface area contributed by atoms with Gasteiger partial charge in [0.2, 0.25) is 5.91 Å². The summed E-state index contributed by atoms with van der Waals surface area (Å²) in [4.78, 5) is 11.8. The molecule has 110 valence electrons. The third-order valence-corrected chi connectivity index (χ3v) is 3.72. The van der Waals surface area contributed by atoms with Crippen molar-refractivity contribution in [3.8, 4) is 5.75 Å². The van der Waals surface area contributed by atoms with Gasteiger partial charge in [0.05, 0.1) is 13.0 Å². The van der Waals surface area contributed by atoms with Crippen LogP contribution in [-0.4, -0.2) is 25.1 Å². The Bertz CT molecular complexity index is 470. The molecule has 3 N–H and O–H groups in total. The fraction of sp³-hybridized carbons (Fsp3) is 0.562. The minimum atomic E-state index is 0.0256. The number of amides is 1. The van der Waals surface area contributed by atoms with Crippen molar-refractivity contribution in [2.24, 2.45) is 11.7 Å². The monoisotopic (exact) mass is 276 g/mol. The van der Waals surface area contributed by atoms with Crippen LogP contribution in [0.15, 0.2) is 18.2 Å². The second-order valence-electron chi connectivity index (χ2n) is 5.61. The van der Waals surface area contributed by atoms with Gasteiger partial charge in [-0.15, -0.1) is 0 Å². The standard InChI is InChI=1S/C16H24N2O2/c1-11-3-4-12(2)15(9-11)20-8-7-16(19)18-14(10-17)13-5-6-13/h3-4,9,13-14H,5-8,10,17H2,1-2H3,(H,18,19). The third-order valence-electron chi connectivity index (χ3n) is 3.72. The van der Waals surface area contributed by atoms with Gasteiger partial charge in [0.25, 0.3) is 0 Å². The molecule has 1 aromatic rings. The van der Waals surface area contributed by atoms with Crippen LogP contribution in [-0.2, 0) is 4.79 Å². The highest BCUT2D eigenvalue weighted by molar-refractivity contribution is 5.76. The van der Waals surface area contributed by atoms with E-state index in [-0.39, 0.29) is 11.9 Å². The van der Waals surface area contributed by atoms with E-state index < -0.39 is 0 Å². The van der Waals surface area contributed by atoms with E-state index in [1.165, 1.54) is 12.8 Å². The first-order valence-corrected chi connectivity index (χ1v) is 7.29. The predicted molar refractivity (Wildman–Crippen MR) is 79.7 cm³/mol. The van der Waals surface area contributed by atoms with Gasteiger partial charge in [0.15, 0.2) is 0 Å². The Balaban J connectivity index is 1.74. The zero-order valence-corrected chi connectivity index (χ0v) is 12.3. The fourth-order valence-corrected chi connectivity index (χ4v) is 2.26.